The standard InChI is InChI=1S/C16H26ClNO/c1-4-5-6-7-14(3)18-10-11-19-15-8-9-16(17)13(2)12-15/h8-9,12,14,18H,4-7,10-11H2,1-3H3. The Bertz CT molecular complexity index is 368. The molecule has 1 aromatic carbocycles. The molecular formula is C16H26ClNO. The third kappa shape index (κ3) is 6.84. The minimum Gasteiger partial charge on any atom is -0.492 e. The molecule has 19 heavy (non-hydrogen) atoms. The first-order chi connectivity index (χ1) is 9.13. The molecule has 0 amide bonds. The third-order valence-corrected chi connectivity index (χ3v) is 3.66. The number of hydrogen-bond donors (Lipinski definition) is 1. The van der Waals surface area contributed by atoms with E-state index in [1.54, 1.807) is 0 Å². The van der Waals surface area contributed by atoms with Gasteiger partial charge in [0.1, 0.15) is 12.4 Å². The number of rotatable bonds is 9. The quantitative estimate of drug-likeness (QED) is 0.670. The summed E-state index contributed by atoms with van der Waals surface area (Å²) in [5.41, 5.74) is 1.06. The number of aryl methyl sites for hydroxylation is 1. The van der Waals surface area contributed by atoms with E-state index in [0.29, 0.717) is 12.6 Å². The molecule has 0 saturated heterocycles. The Hall–Kier alpha value is -0.730. The Morgan fingerprint density at radius 1 is 1.32 bits per heavy atom. The second-order valence-corrected chi connectivity index (χ2v) is 5.52. The lowest BCUT2D eigenvalue weighted by atomic mass is 10.1. The average Bonchev–Trinajstić information content (AvgIpc) is 2.39. The summed E-state index contributed by atoms with van der Waals surface area (Å²) in [6, 6.07) is 6.35. The summed E-state index contributed by atoms with van der Waals surface area (Å²) in [6.07, 6.45) is 5.16. The average molecular weight is 284 g/mol. The van der Waals surface area contributed by atoms with Crippen LogP contribution in [0, 0.1) is 6.92 Å². The maximum atomic E-state index is 5.98. The highest BCUT2D eigenvalue weighted by molar-refractivity contribution is 6.31. The molecule has 108 valence electrons. The third-order valence-electron chi connectivity index (χ3n) is 3.23. The molecule has 0 bridgehead atoms. The zero-order valence-corrected chi connectivity index (χ0v) is 13.1. The van der Waals surface area contributed by atoms with Crippen LogP contribution in [-0.2, 0) is 0 Å². The van der Waals surface area contributed by atoms with Gasteiger partial charge in [-0.2, -0.15) is 0 Å². The molecule has 0 aliphatic rings. The van der Waals surface area contributed by atoms with Gasteiger partial charge in [-0.3, -0.25) is 0 Å². The van der Waals surface area contributed by atoms with Gasteiger partial charge >= 0.3 is 0 Å². The minimum atomic E-state index is 0.571. The first kappa shape index (κ1) is 16.3. The van der Waals surface area contributed by atoms with Crippen LogP contribution in [0.3, 0.4) is 0 Å². The predicted octanol–water partition coefficient (Wildman–Crippen LogP) is 4.59. The first-order valence-corrected chi connectivity index (χ1v) is 7.63. The van der Waals surface area contributed by atoms with Crippen molar-refractivity contribution in [3.8, 4) is 5.75 Å². The number of benzene rings is 1. The van der Waals surface area contributed by atoms with Crippen molar-refractivity contribution in [2.75, 3.05) is 13.2 Å². The summed E-state index contributed by atoms with van der Waals surface area (Å²) in [5.74, 6) is 0.891. The number of halogens is 1. The molecule has 2 nitrogen and oxygen atoms in total. The molecule has 0 spiro atoms. The Balaban J connectivity index is 2.14. The van der Waals surface area contributed by atoms with Crippen molar-refractivity contribution in [3.63, 3.8) is 0 Å². The van der Waals surface area contributed by atoms with E-state index in [1.807, 2.05) is 25.1 Å². The van der Waals surface area contributed by atoms with Crippen molar-refractivity contribution in [1.29, 1.82) is 0 Å². The molecule has 0 aliphatic carbocycles. The summed E-state index contributed by atoms with van der Waals surface area (Å²) in [6.45, 7) is 8.04. The molecule has 0 fully saturated rings. The molecule has 0 heterocycles. The predicted molar refractivity (Wildman–Crippen MR) is 83.3 cm³/mol. The van der Waals surface area contributed by atoms with Crippen LogP contribution in [0.2, 0.25) is 5.02 Å². The molecule has 0 aromatic heterocycles. The van der Waals surface area contributed by atoms with E-state index in [0.717, 1.165) is 22.9 Å². The van der Waals surface area contributed by atoms with E-state index in [9.17, 15) is 0 Å². The second kappa shape index (κ2) is 9.22. The van der Waals surface area contributed by atoms with Crippen molar-refractivity contribution in [2.45, 2.75) is 52.5 Å². The first-order valence-electron chi connectivity index (χ1n) is 7.25. The van der Waals surface area contributed by atoms with Crippen LogP contribution >= 0.6 is 11.6 Å². The van der Waals surface area contributed by atoms with Gasteiger partial charge in [0.05, 0.1) is 0 Å². The number of hydrogen-bond acceptors (Lipinski definition) is 2. The van der Waals surface area contributed by atoms with Gasteiger partial charge in [0.15, 0.2) is 0 Å². The summed E-state index contributed by atoms with van der Waals surface area (Å²) < 4.78 is 5.70. The van der Waals surface area contributed by atoms with Gasteiger partial charge < -0.3 is 10.1 Å². The van der Waals surface area contributed by atoms with Gasteiger partial charge in [0.25, 0.3) is 0 Å². The lowest BCUT2D eigenvalue weighted by Gasteiger charge is -2.14. The summed E-state index contributed by atoms with van der Waals surface area (Å²) >= 11 is 5.98. The van der Waals surface area contributed by atoms with Crippen LogP contribution < -0.4 is 10.1 Å². The molecule has 1 atom stereocenters. The summed E-state index contributed by atoms with van der Waals surface area (Å²) in [7, 11) is 0. The van der Waals surface area contributed by atoms with E-state index in [4.69, 9.17) is 16.3 Å². The molecule has 1 aromatic rings. The van der Waals surface area contributed by atoms with Crippen molar-refractivity contribution in [3.05, 3.63) is 28.8 Å². The fourth-order valence-corrected chi connectivity index (χ4v) is 2.10. The zero-order valence-electron chi connectivity index (χ0n) is 12.3. The summed E-state index contributed by atoms with van der Waals surface area (Å²) in [5, 5.41) is 4.27. The van der Waals surface area contributed by atoms with Gasteiger partial charge in [0.2, 0.25) is 0 Å². The van der Waals surface area contributed by atoms with Gasteiger partial charge in [-0.25, -0.2) is 0 Å². The lowest BCUT2D eigenvalue weighted by molar-refractivity contribution is 0.304. The highest BCUT2D eigenvalue weighted by atomic mass is 35.5. The topological polar surface area (TPSA) is 21.3 Å². The van der Waals surface area contributed by atoms with Gasteiger partial charge in [-0.1, -0.05) is 37.8 Å². The number of nitrogens with one attached hydrogen (secondary N) is 1. The van der Waals surface area contributed by atoms with E-state index in [2.05, 4.69) is 19.2 Å². The van der Waals surface area contributed by atoms with E-state index in [-0.39, 0.29) is 0 Å². The minimum absolute atomic E-state index is 0.571. The monoisotopic (exact) mass is 283 g/mol. The Labute approximate surface area is 122 Å². The molecular weight excluding hydrogens is 258 g/mol. The second-order valence-electron chi connectivity index (χ2n) is 5.11. The smallest absolute Gasteiger partial charge is 0.119 e. The van der Waals surface area contributed by atoms with Crippen molar-refractivity contribution in [1.82, 2.24) is 5.32 Å². The Morgan fingerprint density at radius 3 is 2.79 bits per heavy atom. The van der Waals surface area contributed by atoms with Crippen LogP contribution in [0.4, 0.5) is 0 Å². The van der Waals surface area contributed by atoms with Crippen LogP contribution in [0.15, 0.2) is 18.2 Å². The largest absolute Gasteiger partial charge is 0.492 e. The van der Waals surface area contributed by atoms with Crippen molar-refractivity contribution < 1.29 is 4.74 Å². The van der Waals surface area contributed by atoms with Crippen LogP contribution in [0.5, 0.6) is 5.75 Å². The SMILES string of the molecule is CCCCCC(C)NCCOc1ccc(Cl)c(C)c1. The molecule has 3 heteroatoms. The van der Waals surface area contributed by atoms with Crippen LogP contribution in [0.1, 0.15) is 45.1 Å². The van der Waals surface area contributed by atoms with Crippen LogP contribution in [0.25, 0.3) is 0 Å². The van der Waals surface area contributed by atoms with Gasteiger partial charge in [0, 0.05) is 17.6 Å². The van der Waals surface area contributed by atoms with Crippen molar-refractivity contribution in [2.24, 2.45) is 0 Å². The maximum absolute atomic E-state index is 5.98. The normalized spacial score (nSPS) is 12.4. The highest BCUT2D eigenvalue weighted by Gasteiger charge is 2.01. The van der Waals surface area contributed by atoms with Gasteiger partial charge in [-0.05, 0) is 44.0 Å². The zero-order chi connectivity index (χ0) is 14.1. The molecule has 1 N–H and O–H groups in total. The molecule has 0 radical (unpaired) electrons. The molecule has 1 rings (SSSR count). The summed E-state index contributed by atoms with van der Waals surface area (Å²) in [4.78, 5) is 0. The Kier molecular flexibility index (Phi) is 7.92. The number of unbranched alkanes of at least 4 members (excludes halogenated alkanes) is 2. The fourth-order valence-electron chi connectivity index (χ4n) is 1.98. The molecule has 0 aliphatic heterocycles. The fraction of sp³-hybridized carbons (Fsp3) is 0.625. The van der Waals surface area contributed by atoms with E-state index < -0.39 is 0 Å². The highest BCUT2D eigenvalue weighted by Crippen LogP contribution is 2.20. The van der Waals surface area contributed by atoms with Crippen molar-refractivity contribution >= 4 is 11.6 Å². The lowest BCUT2D eigenvalue weighted by Crippen LogP contribution is -2.30. The molecule has 1 unspecified atom stereocenters. The Morgan fingerprint density at radius 2 is 2.11 bits per heavy atom. The molecule has 0 saturated carbocycles. The van der Waals surface area contributed by atoms with Crippen LogP contribution in [-0.4, -0.2) is 19.2 Å². The number of ether oxygens (including phenoxy) is 1. The van der Waals surface area contributed by atoms with Gasteiger partial charge in [-0.15, -0.1) is 0 Å². The van der Waals surface area contributed by atoms with E-state index in [1.165, 1.54) is 25.7 Å². The van der Waals surface area contributed by atoms with E-state index >= 15 is 0 Å². The maximum Gasteiger partial charge on any atom is 0.119 e.